The molecule has 2 rings (SSSR count). The van der Waals surface area contributed by atoms with Crippen LogP contribution in [0, 0.1) is 6.92 Å². The van der Waals surface area contributed by atoms with E-state index < -0.39 is 6.10 Å². The van der Waals surface area contributed by atoms with Crippen molar-refractivity contribution in [2.24, 2.45) is 0 Å². The first-order chi connectivity index (χ1) is 12.5. The Hall–Kier alpha value is -2.89. The number of amides is 1. The van der Waals surface area contributed by atoms with Crippen molar-refractivity contribution in [3.63, 3.8) is 0 Å². The highest BCUT2D eigenvalue weighted by atomic mass is 16.5. The van der Waals surface area contributed by atoms with Crippen molar-refractivity contribution in [1.29, 1.82) is 0 Å². The van der Waals surface area contributed by atoms with Gasteiger partial charge in [-0.25, -0.2) is 0 Å². The third-order valence-corrected chi connectivity index (χ3v) is 4.01. The zero-order valence-corrected chi connectivity index (χ0v) is 15.8. The number of hydrogen-bond donors (Lipinski definition) is 1. The van der Waals surface area contributed by atoms with Crippen LogP contribution in [-0.4, -0.2) is 33.3 Å². The Kier molecular flexibility index (Phi) is 6.72. The van der Waals surface area contributed by atoms with Crippen molar-refractivity contribution in [3.05, 3.63) is 47.5 Å². The standard InChI is InChI=1S/C20H25NO5/c1-13-8-6-7-9-16(13)26-14(2)20(22)21-12-15-10-11-17(23-3)19(25-5)18(15)24-4/h6-11,14H,12H2,1-5H3,(H,21,22). The van der Waals surface area contributed by atoms with Crippen molar-refractivity contribution >= 4 is 5.91 Å². The number of methoxy groups -OCH3 is 3. The number of rotatable bonds is 8. The molecule has 26 heavy (non-hydrogen) atoms. The first-order valence-corrected chi connectivity index (χ1v) is 8.29. The lowest BCUT2D eigenvalue weighted by Crippen LogP contribution is -2.36. The normalized spacial score (nSPS) is 11.4. The van der Waals surface area contributed by atoms with Gasteiger partial charge in [-0.1, -0.05) is 18.2 Å². The lowest BCUT2D eigenvalue weighted by atomic mass is 10.1. The van der Waals surface area contributed by atoms with Crippen molar-refractivity contribution in [1.82, 2.24) is 5.32 Å². The van der Waals surface area contributed by atoms with Gasteiger partial charge in [0, 0.05) is 12.1 Å². The molecule has 1 atom stereocenters. The maximum absolute atomic E-state index is 12.4. The zero-order valence-electron chi connectivity index (χ0n) is 15.8. The van der Waals surface area contributed by atoms with E-state index in [-0.39, 0.29) is 12.5 Å². The first kappa shape index (κ1) is 19.4. The van der Waals surface area contributed by atoms with Crippen LogP contribution in [0.3, 0.4) is 0 Å². The lowest BCUT2D eigenvalue weighted by Gasteiger charge is -2.18. The quantitative estimate of drug-likeness (QED) is 0.784. The van der Waals surface area contributed by atoms with Crippen molar-refractivity contribution in [2.75, 3.05) is 21.3 Å². The molecule has 0 saturated carbocycles. The molecule has 0 aliphatic rings. The Morgan fingerprint density at radius 2 is 1.65 bits per heavy atom. The predicted octanol–water partition coefficient (Wildman–Crippen LogP) is 3.10. The second-order valence-electron chi connectivity index (χ2n) is 5.74. The summed E-state index contributed by atoms with van der Waals surface area (Å²) in [5.74, 6) is 2.06. The minimum absolute atomic E-state index is 0.218. The van der Waals surface area contributed by atoms with Crippen LogP contribution in [0.15, 0.2) is 36.4 Å². The van der Waals surface area contributed by atoms with Gasteiger partial charge in [0.2, 0.25) is 5.75 Å². The Balaban J connectivity index is 2.06. The Labute approximate surface area is 154 Å². The third kappa shape index (κ3) is 4.39. The molecular formula is C20H25NO5. The van der Waals surface area contributed by atoms with Gasteiger partial charge in [0.15, 0.2) is 17.6 Å². The molecule has 2 aromatic rings. The van der Waals surface area contributed by atoms with E-state index in [4.69, 9.17) is 18.9 Å². The second-order valence-corrected chi connectivity index (χ2v) is 5.74. The molecule has 0 spiro atoms. The molecule has 0 aromatic heterocycles. The van der Waals surface area contributed by atoms with Gasteiger partial charge in [-0.2, -0.15) is 0 Å². The molecule has 1 amide bonds. The van der Waals surface area contributed by atoms with Crippen LogP contribution in [0.1, 0.15) is 18.1 Å². The van der Waals surface area contributed by atoms with Crippen LogP contribution < -0.4 is 24.3 Å². The van der Waals surface area contributed by atoms with Crippen LogP contribution in [0.2, 0.25) is 0 Å². The Morgan fingerprint density at radius 3 is 2.27 bits per heavy atom. The molecule has 6 heteroatoms. The van der Waals surface area contributed by atoms with Gasteiger partial charge in [-0.3, -0.25) is 4.79 Å². The fraction of sp³-hybridized carbons (Fsp3) is 0.350. The molecule has 1 N–H and O–H groups in total. The third-order valence-electron chi connectivity index (χ3n) is 4.01. The van der Waals surface area contributed by atoms with Gasteiger partial charge < -0.3 is 24.3 Å². The molecule has 0 saturated heterocycles. The SMILES string of the molecule is COc1ccc(CNC(=O)C(C)Oc2ccccc2C)c(OC)c1OC. The van der Waals surface area contributed by atoms with Crippen molar-refractivity contribution in [3.8, 4) is 23.0 Å². The maximum atomic E-state index is 12.4. The minimum Gasteiger partial charge on any atom is -0.493 e. The van der Waals surface area contributed by atoms with Crippen LogP contribution >= 0.6 is 0 Å². The van der Waals surface area contributed by atoms with Gasteiger partial charge in [0.25, 0.3) is 5.91 Å². The van der Waals surface area contributed by atoms with E-state index in [0.29, 0.717) is 23.0 Å². The Morgan fingerprint density at radius 1 is 0.962 bits per heavy atom. The van der Waals surface area contributed by atoms with Gasteiger partial charge in [-0.15, -0.1) is 0 Å². The number of para-hydroxylation sites is 1. The highest BCUT2D eigenvalue weighted by Crippen LogP contribution is 2.39. The van der Waals surface area contributed by atoms with E-state index in [1.807, 2.05) is 37.3 Å². The topological polar surface area (TPSA) is 66.0 Å². The summed E-state index contributed by atoms with van der Waals surface area (Å²) in [6.45, 7) is 3.94. The summed E-state index contributed by atoms with van der Waals surface area (Å²) in [6.07, 6.45) is -0.623. The largest absolute Gasteiger partial charge is 0.493 e. The molecule has 1 unspecified atom stereocenters. The predicted molar refractivity (Wildman–Crippen MR) is 99.2 cm³/mol. The molecule has 0 fully saturated rings. The molecule has 0 radical (unpaired) electrons. The lowest BCUT2D eigenvalue weighted by molar-refractivity contribution is -0.127. The molecule has 6 nitrogen and oxygen atoms in total. The van der Waals surface area contributed by atoms with E-state index in [1.54, 1.807) is 34.3 Å². The summed E-state index contributed by atoms with van der Waals surface area (Å²) in [5, 5.41) is 2.86. The zero-order chi connectivity index (χ0) is 19.1. The summed E-state index contributed by atoms with van der Waals surface area (Å²) >= 11 is 0. The fourth-order valence-electron chi connectivity index (χ4n) is 2.56. The number of carbonyl (C=O) groups excluding carboxylic acids is 1. The molecule has 0 heterocycles. The number of nitrogens with one attached hydrogen (secondary N) is 1. The number of aryl methyl sites for hydroxylation is 1. The summed E-state index contributed by atoms with van der Waals surface area (Å²) in [6, 6.07) is 11.2. The second kappa shape index (κ2) is 8.99. The van der Waals surface area contributed by atoms with Crippen molar-refractivity contribution in [2.45, 2.75) is 26.5 Å². The van der Waals surface area contributed by atoms with Crippen molar-refractivity contribution < 1.29 is 23.7 Å². The highest BCUT2D eigenvalue weighted by molar-refractivity contribution is 5.80. The van der Waals surface area contributed by atoms with E-state index in [9.17, 15) is 4.79 Å². The number of ether oxygens (including phenoxy) is 4. The van der Waals surface area contributed by atoms with E-state index >= 15 is 0 Å². The summed E-state index contributed by atoms with van der Waals surface area (Å²) in [5.41, 5.74) is 1.76. The van der Waals surface area contributed by atoms with Gasteiger partial charge >= 0.3 is 0 Å². The van der Waals surface area contributed by atoms with Crippen LogP contribution in [-0.2, 0) is 11.3 Å². The highest BCUT2D eigenvalue weighted by Gasteiger charge is 2.19. The smallest absolute Gasteiger partial charge is 0.261 e. The number of hydrogen-bond acceptors (Lipinski definition) is 5. The molecule has 2 aromatic carbocycles. The van der Waals surface area contributed by atoms with Gasteiger partial charge in [0.05, 0.1) is 21.3 Å². The first-order valence-electron chi connectivity index (χ1n) is 8.29. The molecule has 140 valence electrons. The van der Waals surface area contributed by atoms with Crippen LogP contribution in [0.25, 0.3) is 0 Å². The molecular weight excluding hydrogens is 334 g/mol. The maximum Gasteiger partial charge on any atom is 0.261 e. The number of benzene rings is 2. The minimum atomic E-state index is -0.623. The molecule has 0 aliphatic carbocycles. The summed E-state index contributed by atoms with van der Waals surface area (Å²) in [7, 11) is 4.65. The van der Waals surface area contributed by atoms with E-state index in [2.05, 4.69) is 5.32 Å². The summed E-state index contributed by atoms with van der Waals surface area (Å²) < 4.78 is 21.8. The average Bonchev–Trinajstić information content (AvgIpc) is 2.66. The van der Waals surface area contributed by atoms with E-state index in [1.165, 1.54) is 0 Å². The Bertz CT molecular complexity index is 760. The van der Waals surface area contributed by atoms with Crippen LogP contribution in [0.4, 0.5) is 0 Å². The van der Waals surface area contributed by atoms with Gasteiger partial charge in [-0.05, 0) is 37.6 Å². The molecule has 0 bridgehead atoms. The van der Waals surface area contributed by atoms with E-state index in [0.717, 1.165) is 11.1 Å². The van der Waals surface area contributed by atoms with Crippen LogP contribution in [0.5, 0.6) is 23.0 Å². The fourth-order valence-corrected chi connectivity index (χ4v) is 2.56. The molecule has 0 aliphatic heterocycles. The monoisotopic (exact) mass is 359 g/mol. The number of carbonyl (C=O) groups is 1. The average molecular weight is 359 g/mol. The summed E-state index contributed by atoms with van der Waals surface area (Å²) in [4.78, 5) is 12.4. The van der Waals surface area contributed by atoms with Gasteiger partial charge in [0.1, 0.15) is 5.75 Å².